The molecular formula is C12H19N3O. The molecule has 2 rings (SSSR count). The van der Waals surface area contributed by atoms with E-state index >= 15 is 0 Å². The summed E-state index contributed by atoms with van der Waals surface area (Å²) in [6.07, 6.45) is 8.36. The van der Waals surface area contributed by atoms with Crippen molar-refractivity contribution in [3.05, 3.63) is 18.7 Å². The molecule has 0 aliphatic heterocycles. The van der Waals surface area contributed by atoms with Crippen LogP contribution in [0.5, 0.6) is 0 Å². The summed E-state index contributed by atoms with van der Waals surface area (Å²) in [7, 11) is 0. The first-order valence-electron chi connectivity index (χ1n) is 6.01. The van der Waals surface area contributed by atoms with Gasteiger partial charge >= 0.3 is 6.03 Å². The Labute approximate surface area is 96.1 Å². The Kier molecular flexibility index (Phi) is 3.27. The quantitative estimate of drug-likeness (QED) is 0.832. The number of imidazole rings is 1. The SMILES string of the molecule is CCC1CCC(NC(=O)n2ccnc2)C1C. The second kappa shape index (κ2) is 4.68. The van der Waals surface area contributed by atoms with E-state index in [9.17, 15) is 4.79 Å². The lowest BCUT2D eigenvalue weighted by Crippen LogP contribution is -2.39. The monoisotopic (exact) mass is 221 g/mol. The minimum absolute atomic E-state index is 0.0638. The Morgan fingerprint density at radius 3 is 2.94 bits per heavy atom. The van der Waals surface area contributed by atoms with Gasteiger partial charge in [0.1, 0.15) is 6.33 Å². The Morgan fingerprint density at radius 2 is 2.38 bits per heavy atom. The highest BCUT2D eigenvalue weighted by Crippen LogP contribution is 2.33. The van der Waals surface area contributed by atoms with E-state index in [-0.39, 0.29) is 6.03 Å². The zero-order valence-corrected chi connectivity index (χ0v) is 9.89. The van der Waals surface area contributed by atoms with Crippen molar-refractivity contribution in [1.29, 1.82) is 0 Å². The highest BCUT2D eigenvalue weighted by molar-refractivity contribution is 5.76. The summed E-state index contributed by atoms with van der Waals surface area (Å²) in [5, 5.41) is 3.08. The molecule has 0 bridgehead atoms. The summed E-state index contributed by atoms with van der Waals surface area (Å²) in [5.41, 5.74) is 0. The minimum Gasteiger partial charge on any atom is -0.334 e. The molecule has 0 spiro atoms. The van der Waals surface area contributed by atoms with E-state index in [0.29, 0.717) is 12.0 Å². The van der Waals surface area contributed by atoms with Gasteiger partial charge < -0.3 is 5.32 Å². The van der Waals surface area contributed by atoms with Crippen molar-refractivity contribution in [2.75, 3.05) is 0 Å². The maximum Gasteiger partial charge on any atom is 0.327 e. The zero-order chi connectivity index (χ0) is 11.5. The normalized spacial score (nSPS) is 29.2. The molecule has 0 aromatic carbocycles. The number of carbonyl (C=O) groups is 1. The molecule has 4 heteroatoms. The molecular weight excluding hydrogens is 202 g/mol. The zero-order valence-electron chi connectivity index (χ0n) is 9.89. The number of nitrogens with zero attached hydrogens (tertiary/aromatic N) is 2. The van der Waals surface area contributed by atoms with E-state index < -0.39 is 0 Å². The van der Waals surface area contributed by atoms with Crippen molar-refractivity contribution >= 4 is 6.03 Å². The molecule has 16 heavy (non-hydrogen) atoms. The lowest BCUT2D eigenvalue weighted by molar-refractivity contribution is 0.233. The number of rotatable bonds is 2. The molecule has 1 fully saturated rings. The third-order valence-electron chi connectivity index (χ3n) is 3.80. The summed E-state index contributed by atoms with van der Waals surface area (Å²) in [4.78, 5) is 15.7. The van der Waals surface area contributed by atoms with Crippen LogP contribution >= 0.6 is 0 Å². The number of amides is 1. The molecule has 0 saturated heterocycles. The number of hydrogen-bond donors (Lipinski definition) is 1. The van der Waals surface area contributed by atoms with Gasteiger partial charge in [0, 0.05) is 18.4 Å². The molecule has 1 saturated carbocycles. The average molecular weight is 221 g/mol. The fraction of sp³-hybridized carbons (Fsp3) is 0.667. The largest absolute Gasteiger partial charge is 0.334 e. The van der Waals surface area contributed by atoms with Crippen LogP contribution in [0.15, 0.2) is 18.7 Å². The van der Waals surface area contributed by atoms with Crippen LogP contribution in [0.4, 0.5) is 4.79 Å². The minimum atomic E-state index is -0.0638. The van der Waals surface area contributed by atoms with Gasteiger partial charge in [0.05, 0.1) is 0 Å². The first kappa shape index (κ1) is 11.2. The highest BCUT2D eigenvalue weighted by atomic mass is 16.2. The molecule has 0 radical (unpaired) electrons. The predicted octanol–water partition coefficient (Wildman–Crippen LogP) is 2.27. The maximum absolute atomic E-state index is 11.8. The maximum atomic E-state index is 11.8. The van der Waals surface area contributed by atoms with Crippen molar-refractivity contribution in [3.63, 3.8) is 0 Å². The summed E-state index contributed by atoms with van der Waals surface area (Å²) < 4.78 is 1.49. The Morgan fingerprint density at radius 1 is 1.56 bits per heavy atom. The second-order valence-corrected chi connectivity index (χ2v) is 4.63. The Balaban J connectivity index is 1.94. The number of nitrogens with one attached hydrogen (secondary N) is 1. The third-order valence-corrected chi connectivity index (χ3v) is 3.80. The fourth-order valence-electron chi connectivity index (χ4n) is 2.64. The van der Waals surface area contributed by atoms with Crippen molar-refractivity contribution in [2.24, 2.45) is 11.8 Å². The summed E-state index contributed by atoms with van der Waals surface area (Å²) >= 11 is 0. The molecule has 3 atom stereocenters. The van der Waals surface area contributed by atoms with Crippen molar-refractivity contribution in [3.8, 4) is 0 Å². The second-order valence-electron chi connectivity index (χ2n) is 4.63. The number of hydrogen-bond acceptors (Lipinski definition) is 2. The van der Waals surface area contributed by atoms with E-state index in [1.54, 1.807) is 12.4 Å². The summed E-state index contributed by atoms with van der Waals surface area (Å²) in [5.74, 6) is 1.34. The van der Waals surface area contributed by atoms with Gasteiger partial charge in [-0.05, 0) is 24.7 Å². The highest BCUT2D eigenvalue weighted by Gasteiger charge is 2.32. The molecule has 88 valence electrons. The smallest absolute Gasteiger partial charge is 0.327 e. The Bertz CT molecular complexity index is 347. The van der Waals surface area contributed by atoms with Crippen molar-refractivity contribution < 1.29 is 4.79 Å². The van der Waals surface area contributed by atoms with Crippen LogP contribution < -0.4 is 5.32 Å². The Hall–Kier alpha value is -1.32. The van der Waals surface area contributed by atoms with Gasteiger partial charge in [0.25, 0.3) is 0 Å². The molecule has 3 unspecified atom stereocenters. The van der Waals surface area contributed by atoms with Crippen LogP contribution in [0.3, 0.4) is 0 Å². The van der Waals surface area contributed by atoms with E-state index in [1.165, 1.54) is 23.7 Å². The molecule has 1 aromatic heterocycles. The molecule has 1 aliphatic rings. The van der Waals surface area contributed by atoms with Crippen molar-refractivity contribution in [2.45, 2.75) is 39.2 Å². The van der Waals surface area contributed by atoms with Gasteiger partial charge in [-0.3, -0.25) is 4.57 Å². The molecule has 1 heterocycles. The first-order valence-corrected chi connectivity index (χ1v) is 6.01. The van der Waals surface area contributed by atoms with Gasteiger partial charge in [-0.15, -0.1) is 0 Å². The average Bonchev–Trinajstić information content (AvgIpc) is 2.89. The lowest BCUT2D eigenvalue weighted by atomic mass is 9.94. The van der Waals surface area contributed by atoms with Crippen LogP contribution in [0.2, 0.25) is 0 Å². The molecule has 1 aromatic rings. The van der Waals surface area contributed by atoms with E-state index in [2.05, 4.69) is 24.1 Å². The molecule has 4 nitrogen and oxygen atoms in total. The molecule has 1 N–H and O–H groups in total. The van der Waals surface area contributed by atoms with Gasteiger partial charge in [-0.2, -0.15) is 0 Å². The van der Waals surface area contributed by atoms with Gasteiger partial charge in [0.15, 0.2) is 0 Å². The van der Waals surface area contributed by atoms with E-state index in [4.69, 9.17) is 0 Å². The summed E-state index contributed by atoms with van der Waals surface area (Å²) in [6.45, 7) is 4.46. The van der Waals surface area contributed by atoms with Gasteiger partial charge in [0.2, 0.25) is 0 Å². The topological polar surface area (TPSA) is 46.9 Å². The molecule has 1 amide bonds. The fourth-order valence-corrected chi connectivity index (χ4v) is 2.64. The standard InChI is InChI=1S/C12H19N3O/c1-3-10-4-5-11(9(10)2)14-12(16)15-7-6-13-8-15/h6-11H,3-5H2,1-2H3,(H,14,16). The van der Waals surface area contributed by atoms with Crippen LogP contribution in [0.1, 0.15) is 33.1 Å². The number of aromatic nitrogens is 2. The lowest BCUT2D eigenvalue weighted by Gasteiger charge is -2.20. The van der Waals surface area contributed by atoms with Gasteiger partial charge in [-0.25, -0.2) is 9.78 Å². The van der Waals surface area contributed by atoms with Crippen molar-refractivity contribution in [1.82, 2.24) is 14.9 Å². The van der Waals surface area contributed by atoms with Crippen LogP contribution in [0.25, 0.3) is 0 Å². The van der Waals surface area contributed by atoms with Crippen LogP contribution in [0, 0.1) is 11.8 Å². The van der Waals surface area contributed by atoms with E-state index in [1.807, 2.05) is 0 Å². The first-order chi connectivity index (χ1) is 7.72. The molecule has 1 aliphatic carbocycles. The number of carbonyl (C=O) groups excluding carboxylic acids is 1. The van der Waals surface area contributed by atoms with Crippen LogP contribution in [-0.4, -0.2) is 21.6 Å². The third kappa shape index (κ3) is 2.10. The summed E-state index contributed by atoms with van der Waals surface area (Å²) in [6, 6.07) is 0.256. The predicted molar refractivity (Wildman–Crippen MR) is 62.1 cm³/mol. The van der Waals surface area contributed by atoms with Crippen LogP contribution in [-0.2, 0) is 0 Å². The van der Waals surface area contributed by atoms with Gasteiger partial charge in [-0.1, -0.05) is 20.3 Å². The van der Waals surface area contributed by atoms with E-state index in [0.717, 1.165) is 12.3 Å².